The second-order valence-corrected chi connectivity index (χ2v) is 6.45. The van der Waals surface area contributed by atoms with E-state index in [0.717, 1.165) is 12.8 Å². The van der Waals surface area contributed by atoms with Crippen molar-refractivity contribution in [3.8, 4) is 5.75 Å². The fraction of sp³-hybridized carbons (Fsp3) is 0.353. The summed E-state index contributed by atoms with van der Waals surface area (Å²) >= 11 is 5.92. The number of benzene rings is 1. The number of amidine groups is 1. The molecule has 0 atom stereocenters. The third-order valence-electron chi connectivity index (χ3n) is 4.01. The summed E-state index contributed by atoms with van der Waals surface area (Å²) in [4.78, 5) is 16.9. The maximum Gasteiger partial charge on any atom is 0.356 e. The highest BCUT2D eigenvalue weighted by Gasteiger charge is 2.30. The van der Waals surface area contributed by atoms with Gasteiger partial charge in [-0.15, -0.1) is 0 Å². The maximum atomic E-state index is 12.9. The summed E-state index contributed by atoms with van der Waals surface area (Å²) in [6, 6.07) is 6.05. The molecule has 7 nitrogen and oxygen atoms in total. The van der Waals surface area contributed by atoms with Crippen LogP contribution >= 0.6 is 11.6 Å². The minimum atomic E-state index is -2.70. The van der Waals surface area contributed by atoms with Crippen molar-refractivity contribution < 1.29 is 23.1 Å². The minimum absolute atomic E-state index is 0.112. The van der Waals surface area contributed by atoms with Gasteiger partial charge < -0.3 is 15.3 Å². The minimum Gasteiger partial charge on any atom is -0.496 e. The molecule has 144 valence electrons. The van der Waals surface area contributed by atoms with Gasteiger partial charge in [-0.2, -0.15) is 5.10 Å². The Hall–Kier alpha value is -2.68. The van der Waals surface area contributed by atoms with E-state index in [4.69, 9.17) is 26.9 Å². The largest absolute Gasteiger partial charge is 0.496 e. The van der Waals surface area contributed by atoms with E-state index in [1.165, 1.54) is 23.9 Å². The SMILES string of the molecule is COc1ccc(Cl)cc1/C(N)=N/OC(=O)Cn1nc(C(F)F)cc1C1CC1. The number of hydrogen-bond donors (Lipinski definition) is 1. The predicted molar refractivity (Wildman–Crippen MR) is 94.0 cm³/mol. The number of oxime groups is 1. The van der Waals surface area contributed by atoms with Crippen LogP contribution in [0, 0.1) is 0 Å². The standard InChI is InChI=1S/C17H17ClF2N4O3/c1-26-14-5-4-10(18)6-11(14)17(21)23-27-15(25)8-24-13(9-2-3-9)7-12(22-24)16(19)20/h4-7,9,16H,2-3,8H2,1H3,(H2,21,23). The van der Waals surface area contributed by atoms with E-state index in [1.54, 1.807) is 12.1 Å². The highest BCUT2D eigenvalue weighted by atomic mass is 35.5. The van der Waals surface area contributed by atoms with Gasteiger partial charge in [0, 0.05) is 16.6 Å². The number of halogens is 3. The molecule has 1 aliphatic rings. The van der Waals surface area contributed by atoms with Crippen molar-refractivity contribution in [2.45, 2.75) is 31.7 Å². The molecule has 1 aromatic carbocycles. The predicted octanol–water partition coefficient (Wildman–Crippen LogP) is 3.22. The molecule has 0 saturated heterocycles. The van der Waals surface area contributed by atoms with E-state index in [-0.39, 0.29) is 24.0 Å². The monoisotopic (exact) mass is 398 g/mol. The van der Waals surface area contributed by atoms with Crippen LogP contribution in [0.1, 0.15) is 42.1 Å². The second-order valence-electron chi connectivity index (χ2n) is 6.01. The zero-order valence-corrected chi connectivity index (χ0v) is 15.1. The van der Waals surface area contributed by atoms with Crippen LogP contribution in [0.3, 0.4) is 0 Å². The number of carbonyl (C=O) groups excluding carboxylic acids is 1. The molecule has 3 rings (SSSR count). The molecule has 27 heavy (non-hydrogen) atoms. The fourth-order valence-corrected chi connectivity index (χ4v) is 2.75. The first-order valence-electron chi connectivity index (χ1n) is 8.12. The van der Waals surface area contributed by atoms with Crippen molar-refractivity contribution in [2.24, 2.45) is 10.9 Å². The van der Waals surface area contributed by atoms with Gasteiger partial charge in [-0.3, -0.25) is 4.68 Å². The van der Waals surface area contributed by atoms with Crippen molar-refractivity contribution >= 4 is 23.4 Å². The molecule has 2 N–H and O–H groups in total. The zero-order valence-electron chi connectivity index (χ0n) is 14.4. The maximum absolute atomic E-state index is 12.9. The molecule has 0 amide bonds. The molecule has 1 saturated carbocycles. The van der Waals surface area contributed by atoms with Crippen LogP contribution in [-0.4, -0.2) is 28.7 Å². The van der Waals surface area contributed by atoms with Crippen LogP contribution in [0.25, 0.3) is 0 Å². The van der Waals surface area contributed by atoms with Crippen molar-refractivity contribution in [1.29, 1.82) is 0 Å². The third-order valence-corrected chi connectivity index (χ3v) is 4.25. The summed E-state index contributed by atoms with van der Waals surface area (Å²) in [6.45, 7) is -0.345. The summed E-state index contributed by atoms with van der Waals surface area (Å²) in [5.41, 5.74) is 6.41. The fourth-order valence-electron chi connectivity index (χ4n) is 2.57. The lowest BCUT2D eigenvalue weighted by atomic mass is 10.2. The smallest absolute Gasteiger partial charge is 0.356 e. The number of methoxy groups -OCH3 is 1. The Morgan fingerprint density at radius 3 is 2.81 bits per heavy atom. The lowest BCUT2D eigenvalue weighted by molar-refractivity contribution is -0.144. The van der Waals surface area contributed by atoms with Crippen molar-refractivity contribution in [1.82, 2.24) is 9.78 Å². The molecule has 0 unspecified atom stereocenters. The highest BCUT2D eigenvalue weighted by Crippen LogP contribution is 2.41. The van der Waals surface area contributed by atoms with Gasteiger partial charge in [0.05, 0.1) is 12.7 Å². The van der Waals surface area contributed by atoms with Gasteiger partial charge in [0.1, 0.15) is 18.0 Å². The van der Waals surface area contributed by atoms with Crippen LogP contribution in [0.2, 0.25) is 5.02 Å². The Morgan fingerprint density at radius 2 is 2.19 bits per heavy atom. The van der Waals surface area contributed by atoms with Gasteiger partial charge >= 0.3 is 5.97 Å². The number of aromatic nitrogens is 2. The van der Waals surface area contributed by atoms with E-state index in [9.17, 15) is 13.6 Å². The third kappa shape index (κ3) is 4.54. The number of nitrogens with two attached hydrogens (primary N) is 1. The molecule has 1 aromatic heterocycles. The topological polar surface area (TPSA) is 91.7 Å². The summed E-state index contributed by atoms with van der Waals surface area (Å²) in [7, 11) is 1.45. The number of nitrogens with zero attached hydrogens (tertiary/aromatic N) is 3. The van der Waals surface area contributed by atoms with Crippen LogP contribution < -0.4 is 10.5 Å². The van der Waals surface area contributed by atoms with Gasteiger partial charge in [0.15, 0.2) is 5.84 Å². The Bertz CT molecular complexity index is 881. The molecule has 10 heteroatoms. The first kappa shape index (κ1) is 19.1. The first-order chi connectivity index (χ1) is 12.9. The van der Waals surface area contributed by atoms with E-state index >= 15 is 0 Å². The highest BCUT2D eigenvalue weighted by molar-refractivity contribution is 6.31. The number of rotatable bonds is 7. The van der Waals surface area contributed by atoms with Crippen molar-refractivity contribution in [3.63, 3.8) is 0 Å². The lowest BCUT2D eigenvalue weighted by Crippen LogP contribution is -2.19. The normalized spacial score (nSPS) is 14.5. The van der Waals surface area contributed by atoms with Gasteiger partial charge in [-0.25, -0.2) is 13.6 Å². The summed E-state index contributed by atoms with van der Waals surface area (Å²) in [5.74, 6) is -0.355. The Labute approximate surface area is 158 Å². The number of alkyl halides is 2. The van der Waals surface area contributed by atoms with Gasteiger partial charge in [0.25, 0.3) is 6.43 Å². The van der Waals surface area contributed by atoms with Gasteiger partial charge in [-0.05, 0) is 37.1 Å². The molecular formula is C17H17ClF2N4O3. The molecule has 1 aliphatic carbocycles. The Kier molecular flexibility index (Phi) is 5.59. The lowest BCUT2D eigenvalue weighted by Gasteiger charge is -2.08. The molecule has 0 bridgehead atoms. The molecule has 0 radical (unpaired) electrons. The van der Waals surface area contributed by atoms with E-state index < -0.39 is 12.4 Å². The quantitative estimate of drug-likeness (QED) is 0.334. The van der Waals surface area contributed by atoms with Crippen molar-refractivity contribution in [3.05, 3.63) is 46.2 Å². The van der Waals surface area contributed by atoms with E-state index in [0.29, 0.717) is 22.0 Å². The van der Waals surface area contributed by atoms with Crippen LogP contribution in [-0.2, 0) is 16.2 Å². The van der Waals surface area contributed by atoms with Crippen LogP contribution in [0.4, 0.5) is 8.78 Å². The number of ether oxygens (including phenoxy) is 1. The van der Waals surface area contributed by atoms with Crippen molar-refractivity contribution in [2.75, 3.05) is 7.11 Å². The molecule has 1 heterocycles. The average molecular weight is 399 g/mol. The average Bonchev–Trinajstić information content (AvgIpc) is 3.40. The number of carbonyl (C=O) groups is 1. The van der Waals surface area contributed by atoms with Gasteiger partial charge in [0.2, 0.25) is 0 Å². The molecule has 0 spiro atoms. The second kappa shape index (κ2) is 7.91. The molecule has 1 fully saturated rings. The summed E-state index contributed by atoms with van der Waals surface area (Å²) < 4.78 is 32.1. The van der Waals surface area contributed by atoms with E-state index in [1.807, 2.05) is 0 Å². The summed E-state index contributed by atoms with van der Waals surface area (Å²) in [6.07, 6.45) is -0.949. The molecular weight excluding hydrogens is 382 g/mol. The zero-order chi connectivity index (χ0) is 19.6. The van der Waals surface area contributed by atoms with E-state index in [2.05, 4.69) is 10.3 Å². The Balaban J connectivity index is 1.71. The molecule has 2 aromatic rings. The summed E-state index contributed by atoms with van der Waals surface area (Å²) in [5, 5.41) is 7.78. The Morgan fingerprint density at radius 1 is 1.44 bits per heavy atom. The first-order valence-corrected chi connectivity index (χ1v) is 8.50. The van der Waals surface area contributed by atoms with Crippen LogP contribution in [0.5, 0.6) is 5.75 Å². The molecule has 0 aliphatic heterocycles. The van der Waals surface area contributed by atoms with Gasteiger partial charge in [-0.1, -0.05) is 16.8 Å². The number of hydrogen-bond acceptors (Lipinski definition) is 5. The van der Waals surface area contributed by atoms with Crippen LogP contribution in [0.15, 0.2) is 29.4 Å².